The fourth-order valence-corrected chi connectivity index (χ4v) is 3.16. The Kier molecular flexibility index (Phi) is 5.65. The molecule has 0 aliphatic carbocycles. The standard InChI is InChI=1S/C20H22F6N2/c1-11-7-13(27(3)4)9-15(19(21,22)23)17(11)18-12(2)8-14(28(5)6)10-16(18)20(24,25)26/h7-10H,1-6H3. The number of aryl methyl sites for hydroxylation is 2. The van der Waals surface area contributed by atoms with Crippen LogP contribution in [-0.4, -0.2) is 28.2 Å². The summed E-state index contributed by atoms with van der Waals surface area (Å²) in [4.78, 5) is 2.97. The van der Waals surface area contributed by atoms with E-state index in [4.69, 9.17) is 0 Å². The highest BCUT2D eigenvalue weighted by molar-refractivity contribution is 5.81. The van der Waals surface area contributed by atoms with Gasteiger partial charge in [-0.2, -0.15) is 26.3 Å². The minimum absolute atomic E-state index is 0.129. The van der Waals surface area contributed by atoms with Crippen LogP contribution >= 0.6 is 0 Å². The molecule has 28 heavy (non-hydrogen) atoms. The first-order valence-electron chi connectivity index (χ1n) is 8.43. The molecule has 0 aliphatic heterocycles. The van der Waals surface area contributed by atoms with E-state index in [1.54, 1.807) is 28.2 Å². The Labute approximate surface area is 160 Å². The monoisotopic (exact) mass is 404 g/mol. The van der Waals surface area contributed by atoms with Crippen molar-refractivity contribution in [2.24, 2.45) is 0 Å². The number of alkyl halides is 6. The van der Waals surface area contributed by atoms with Crippen molar-refractivity contribution in [3.05, 3.63) is 46.5 Å². The van der Waals surface area contributed by atoms with Crippen LogP contribution in [0.5, 0.6) is 0 Å². The van der Waals surface area contributed by atoms with Crippen LogP contribution in [0.15, 0.2) is 24.3 Å². The molecule has 2 aromatic carbocycles. The van der Waals surface area contributed by atoms with Gasteiger partial charge < -0.3 is 9.80 Å². The zero-order chi connectivity index (χ0) is 21.6. The van der Waals surface area contributed by atoms with Crippen LogP contribution in [0.2, 0.25) is 0 Å². The van der Waals surface area contributed by atoms with Gasteiger partial charge in [0.05, 0.1) is 11.1 Å². The van der Waals surface area contributed by atoms with E-state index in [1.807, 2.05) is 0 Å². The SMILES string of the molecule is Cc1cc(N(C)C)cc(C(F)(F)F)c1-c1c(C)cc(N(C)C)cc1C(F)(F)F. The van der Waals surface area contributed by atoms with Crippen LogP contribution in [0.3, 0.4) is 0 Å². The second-order valence-electron chi connectivity index (χ2n) is 7.15. The summed E-state index contributed by atoms with van der Waals surface area (Å²) < 4.78 is 82.9. The van der Waals surface area contributed by atoms with E-state index in [0.29, 0.717) is 0 Å². The predicted molar refractivity (Wildman–Crippen MR) is 100 cm³/mol. The first-order valence-corrected chi connectivity index (χ1v) is 8.43. The van der Waals surface area contributed by atoms with Gasteiger partial charge in [-0.1, -0.05) is 0 Å². The molecule has 0 radical (unpaired) electrons. The Balaban J connectivity index is 2.99. The largest absolute Gasteiger partial charge is 0.417 e. The van der Waals surface area contributed by atoms with Gasteiger partial charge in [-0.05, 0) is 60.4 Å². The Hall–Kier alpha value is -2.38. The second-order valence-corrected chi connectivity index (χ2v) is 7.15. The van der Waals surface area contributed by atoms with Crippen LogP contribution < -0.4 is 9.80 Å². The molecule has 0 N–H and O–H groups in total. The maximum atomic E-state index is 13.8. The average molecular weight is 404 g/mol. The minimum atomic E-state index is -4.80. The Morgan fingerprint density at radius 1 is 0.571 bits per heavy atom. The molecule has 0 saturated carbocycles. The van der Waals surface area contributed by atoms with Gasteiger partial charge in [0.1, 0.15) is 0 Å². The Bertz CT molecular complexity index is 806. The highest BCUT2D eigenvalue weighted by atomic mass is 19.4. The summed E-state index contributed by atoms with van der Waals surface area (Å²) in [5.41, 5.74) is -2.24. The van der Waals surface area contributed by atoms with Crippen LogP contribution in [0, 0.1) is 13.8 Å². The van der Waals surface area contributed by atoms with Crippen molar-refractivity contribution in [2.75, 3.05) is 38.0 Å². The smallest absolute Gasteiger partial charge is 0.378 e. The molecule has 0 unspecified atom stereocenters. The third kappa shape index (κ3) is 4.20. The average Bonchev–Trinajstić information content (AvgIpc) is 2.51. The lowest BCUT2D eigenvalue weighted by molar-refractivity contribution is -0.139. The third-order valence-corrected chi connectivity index (χ3v) is 4.53. The quantitative estimate of drug-likeness (QED) is 0.567. The van der Waals surface area contributed by atoms with Gasteiger partial charge in [-0.25, -0.2) is 0 Å². The molecule has 2 aromatic rings. The lowest BCUT2D eigenvalue weighted by atomic mass is 9.87. The highest BCUT2D eigenvalue weighted by Crippen LogP contribution is 2.47. The molecule has 0 aromatic heterocycles. The normalized spacial score (nSPS) is 12.3. The summed E-state index contributed by atoms with van der Waals surface area (Å²) in [6.45, 7) is 2.80. The molecule has 0 fully saturated rings. The van der Waals surface area contributed by atoms with Crippen LogP contribution in [0.25, 0.3) is 11.1 Å². The van der Waals surface area contributed by atoms with Crippen LogP contribution in [0.1, 0.15) is 22.3 Å². The number of hydrogen-bond donors (Lipinski definition) is 0. The summed E-state index contributed by atoms with van der Waals surface area (Å²) in [5, 5.41) is 0. The molecule has 0 aliphatic rings. The zero-order valence-corrected chi connectivity index (χ0v) is 16.5. The fraction of sp³-hybridized carbons (Fsp3) is 0.400. The molecule has 0 heterocycles. The fourth-order valence-electron chi connectivity index (χ4n) is 3.16. The number of benzene rings is 2. The molecule has 0 spiro atoms. The molecule has 154 valence electrons. The number of nitrogens with zero attached hydrogens (tertiary/aromatic N) is 2. The molecule has 2 nitrogen and oxygen atoms in total. The first kappa shape index (κ1) is 21.9. The maximum Gasteiger partial charge on any atom is 0.417 e. The summed E-state index contributed by atoms with van der Waals surface area (Å²) in [5.74, 6) is 0. The van der Waals surface area contributed by atoms with Crippen molar-refractivity contribution < 1.29 is 26.3 Å². The molecule has 0 saturated heterocycles. The van der Waals surface area contributed by atoms with Gasteiger partial charge in [0.15, 0.2) is 0 Å². The first-order chi connectivity index (χ1) is 12.6. The summed E-state index contributed by atoms with van der Waals surface area (Å²) >= 11 is 0. The molecule has 0 amide bonds. The van der Waals surface area contributed by atoms with Gasteiger partial charge >= 0.3 is 12.4 Å². The van der Waals surface area contributed by atoms with E-state index in [0.717, 1.165) is 12.1 Å². The third-order valence-electron chi connectivity index (χ3n) is 4.53. The lowest BCUT2D eigenvalue weighted by Crippen LogP contribution is -2.17. The summed E-state index contributed by atoms with van der Waals surface area (Å²) in [6, 6.07) is 4.71. The van der Waals surface area contributed by atoms with Crippen molar-refractivity contribution in [3.8, 4) is 11.1 Å². The number of hydrogen-bond acceptors (Lipinski definition) is 2. The molecular formula is C20H22F6N2. The Morgan fingerprint density at radius 2 is 0.857 bits per heavy atom. The predicted octanol–water partition coefficient (Wildman–Crippen LogP) is 6.14. The van der Waals surface area contributed by atoms with E-state index in [1.165, 1.54) is 35.8 Å². The molecule has 0 bridgehead atoms. The van der Waals surface area contributed by atoms with E-state index in [2.05, 4.69) is 0 Å². The lowest BCUT2D eigenvalue weighted by Gasteiger charge is -2.25. The minimum Gasteiger partial charge on any atom is -0.378 e. The molecule has 0 atom stereocenters. The molecule has 2 rings (SSSR count). The second kappa shape index (κ2) is 7.22. The highest BCUT2D eigenvalue weighted by Gasteiger charge is 2.40. The molecular weight excluding hydrogens is 382 g/mol. The number of halogens is 6. The van der Waals surface area contributed by atoms with Crippen molar-refractivity contribution in [1.29, 1.82) is 0 Å². The van der Waals surface area contributed by atoms with E-state index in [-0.39, 0.29) is 22.5 Å². The van der Waals surface area contributed by atoms with Crippen molar-refractivity contribution in [3.63, 3.8) is 0 Å². The van der Waals surface area contributed by atoms with Gasteiger partial charge in [0.25, 0.3) is 0 Å². The van der Waals surface area contributed by atoms with Crippen LogP contribution in [0.4, 0.5) is 37.7 Å². The van der Waals surface area contributed by atoms with E-state index < -0.39 is 34.6 Å². The van der Waals surface area contributed by atoms with E-state index in [9.17, 15) is 26.3 Å². The van der Waals surface area contributed by atoms with E-state index >= 15 is 0 Å². The summed E-state index contributed by atoms with van der Waals surface area (Å²) in [6.07, 6.45) is -9.61. The topological polar surface area (TPSA) is 6.48 Å². The number of rotatable bonds is 3. The van der Waals surface area contributed by atoms with Gasteiger partial charge in [-0.15, -0.1) is 0 Å². The van der Waals surface area contributed by atoms with Gasteiger partial charge in [-0.3, -0.25) is 0 Å². The Morgan fingerprint density at radius 3 is 1.07 bits per heavy atom. The zero-order valence-electron chi connectivity index (χ0n) is 16.5. The van der Waals surface area contributed by atoms with Gasteiger partial charge in [0.2, 0.25) is 0 Å². The van der Waals surface area contributed by atoms with Crippen molar-refractivity contribution in [2.45, 2.75) is 26.2 Å². The number of anilines is 2. The maximum absolute atomic E-state index is 13.8. The summed E-state index contributed by atoms with van der Waals surface area (Å²) in [7, 11) is 6.31. The van der Waals surface area contributed by atoms with Crippen LogP contribution in [-0.2, 0) is 12.4 Å². The van der Waals surface area contributed by atoms with Crippen molar-refractivity contribution >= 4 is 11.4 Å². The van der Waals surface area contributed by atoms with Crippen molar-refractivity contribution in [1.82, 2.24) is 0 Å². The molecule has 8 heteroatoms. The van der Waals surface area contributed by atoms with Gasteiger partial charge in [0, 0.05) is 39.6 Å².